The zero-order valence-electron chi connectivity index (χ0n) is 27.1. The number of ketones is 2. The van der Waals surface area contributed by atoms with E-state index in [1.807, 2.05) is 0 Å². The highest BCUT2D eigenvalue weighted by atomic mass is 16.3. The summed E-state index contributed by atoms with van der Waals surface area (Å²) in [5, 5.41) is 20.7. The molecule has 0 aliphatic heterocycles. The van der Waals surface area contributed by atoms with Crippen LogP contribution in [0, 0.1) is 0 Å². The summed E-state index contributed by atoms with van der Waals surface area (Å²) >= 11 is 0. The highest BCUT2D eigenvalue weighted by Gasteiger charge is 2.37. The number of hydrogen-bond donors (Lipinski definition) is 3. The second-order valence-electron chi connectivity index (χ2n) is 12.2. The van der Waals surface area contributed by atoms with Crippen molar-refractivity contribution in [1.82, 2.24) is 0 Å². The fraction of sp³-hybridized carbons (Fsp3) is 0.833. The van der Waals surface area contributed by atoms with Gasteiger partial charge in [-0.1, -0.05) is 147 Å². The molecule has 5 heteroatoms. The van der Waals surface area contributed by atoms with Gasteiger partial charge in [0.2, 0.25) is 11.6 Å². The molecular formula is C36H67NO4. The Bertz CT molecular complexity index is 670. The Kier molecular flexibility index (Phi) is 27.9. The maximum atomic E-state index is 12.4. The number of rotatable bonds is 31. The number of carbonyl (C=O) groups is 2. The summed E-state index contributed by atoms with van der Waals surface area (Å²) < 4.78 is 0. The molecule has 240 valence electrons. The smallest absolute Gasteiger partial charge is 0.244 e. The monoisotopic (exact) mass is 578 g/mol. The maximum Gasteiger partial charge on any atom is 0.244 e. The Hall–Kier alpha value is -1.30. The molecule has 0 saturated heterocycles. The minimum Gasteiger partial charge on any atom is -0.393 e. The summed E-state index contributed by atoms with van der Waals surface area (Å²) in [5.41, 5.74) is 3.49. The molecule has 5 nitrogen and oxygen atoms in total. The topological polar surface area (TPSA) is 101 Å². The lowest BCUT2D eigenvalue weighted by Gasteiger charge is -2.23. The van der Waals surface area contributed by atoms with Crippen molar-refractivity contribution >= 4 is 11.6 Å². The van der Waals surface area contributed by atoms with E-state index in [0.717, 1.165) is 51.4 Å². The largest absolute Gasteiger partial charge is 0.393 e. The third-order valence-corrected chi connectivity index (χ3v) is 7.94. The van der Waals surface area contributed by atoms with Crippen LogP contribution in [0.3, 0.4) is 0 Å². The van der Waals surface area contributed by atoms with Gasteiger partial charge in [-0.2, -0.15) is 0 Å². The molecule has 0 aromatic heterocycles. The average Bonchev–Trinajstić information content (AvgIpc) is 2.94. The van der Waals surface area contributed by atoms with Gasteiger partial charge >= 0.3 is 0 Å². The molecule has 2 unspecified atom stereocenters. The fourth-order valence-electron chi connectivity index (χ4n) is 5.23. The Labute approximate surface area is 253 Å². The lowest BCUT2D eigenvalue weighted by atomic mass is 9.94. The molecule has 0 fully saturated rings. The quantitative estimate of drug-likeness (QED) is 0.0330. The van der Waals surface area contributed by atoms with E-state index in [4.69, 9.17) is 5.73 Å². The van der Waals surface area contributed by atoms with Crippen LogP contribution in [0.2, 0.25) is 0 Å². The zero-order valence-corrected chi connectivity index (χ0v) is 27.1. The first kappa shape index (κ1) is 39.7. The molecule has 0 heterocycles. The normalized spacial score (nSPS) is 14.2. The molecule has 2 atom stereocenters. The van der Waals surface area contributed by atoms with E-state index >= 15 is 0 Å². The van der Waals surface area contributed by atoms with Crippen molar-refractivity contribution in [1.29, 1.82) is 0 Å². The highest BCUT2D eigenvalue weighted by Crippen LogP contribution is 2.17. The van der Waals surface area contributed by atoms with Crippen LogP contribution < -0.4 is 5.73 Å². The van der Waals surface area contributed by atoms with E-state index in [1.54, 1.807) is 0 Å². The van der Waals surface area contributed by atoms with E-state index in [-0.39, 0.29) is 12.8 Å². The summed E-state index contributed by atoms with van der Waals surface area (Å²) in [6, 6.07) is 0. The fourth-order valence-corrected chi connectivity index (χ4v) is 5.23. The van der Waals surface area contributed by atoms with Crippen LogP contribution in [0.25, 0.3) is 0 Å². The Morgan fingerprint density at radius 3 is 1.59 bits per heavy atom. The number of carbonyl (C=O) groups excluding carboxylic acids is 2. The molecule has 0 aliphatic carbocycles. The lowest BCUT2D eigenvalue weighted by Crippen LogP contribution is -2.53. The molecule has 0 rings (SSSR count). The van der Waals surface area contributed by atoms with Crippen LogP contribution in [0.1, 0.15) is 181 Å². The third-order valence-electron chi connectivity index (χ3n) is 7.94. The molecule has 0 spiro atoms. The number of Topliss-reactive ketones (excluding diaryl/α,β-unsaturated/α-hetero) is 2. The first-order chi connectivity index (χ1) is 19.8. The van der Waals surface area contributed by atoms with Crippen LogP contribution in [-0.4, -0.2) is 33.6 Å². The molecule has 0 aromatic rings. The van der Waals surface area contributed by atoms with Crippen molar-refractivity contribution < 1.29 is 19.8 Å². The van der Waals surface area contributed by atoms with E-state index in [1.165, 1.54) is 89.9 Å². The van der Waals surface area contributed by atoms with E-state index in [0.29, 0.717) is 12.8 Å². The van der Waals surface area contributed by atoms with Crippen molar-refractivity contribution in [2.75, 3.05) is 0 Å². The van der Waals surface area contributed by atoms with E-state index in [2.05, 4.69) is 38.2 Å². The number of hydrogen-bond acceptors (Lipinski definition) is 5. The Morgan fingerprint density at radius 2 is 1.05 bits per heavy atom. The molecule has 4 N–H and O–H groups in total. The van der Waals surface area contributed by atoms with Crippen LogP contribution in [-0.2, 0) is 9.59 Å². The SMILES string of the molecule is CCCCC/C=C\C/C=C\CCCCCCC(=O)C(=O)C(N)(O)CC(O)CCCCCCCCCCCCCCC. The zero-order chi connectivity index (χ0) is 30.4. The minimum atomic E-state index is -2.28. The number of unbranched alkanes of at least 4 members (excludes halogenated alkanes) is 19. The van der Waals surface area contributed by atoms with Gasteiger partial charge in [0.25, 0.3) is 0 Å². The highest BCUT2D eigenvalue weighted by molar-refractivity contribution is 6.39. The molecule has 41 heavy (non-hydrogen) atoms. The third kappa shape index (κ3) is 26.1. The summed E-state index contributed by atoms with van der Waals surface area (Å²) in [6.45, 7) is 4.47. The predicted octanol–water partition coefficient (Wildman–Crippen LogP) is 9.43. The van der Waals surface area contributed by atoms with Gasteiger partial charge in [-0.25, -0.2) is 0 Å². The van der Waals surface area contributed by atoms with Crippen molar-refractivity contribution in [3.63, 3.8) is 0 Å². The Balaban J connectivity index is 3.78. The molecule has 0 amide bonds. The maximum absolute atomic E-state index is 12.4. The van der Waals surface area contributed by atoms with Crippen molar-refractivity contribution in [2.24, 2.45) is 5.73 Å². The number of aliphatic hydroxyl groups excluding tert-OH is 1. The van der Waals surface area contributed by atoms with E-state index in [9.17, 15) is 19.8 Å². The summed E-state index contributed by atoms with van der Waals surface area (Å²) in [4.78, 5) is 24.7. The molecule has 0 saturated carbocycles. The average molecular weight is 578 g/mol. The molecule has 0 radical (unpaired) electrons. The Morgan fingerprint density at radius 1 is 0.634 bits per heavy atom. The summed E-state index contributed by atoms with van der Waals surface area (Å²) in [7, 11) is 0. The van der Waals surface area contributed by atoms with Crippen molar-refractivity contribution in [3.8, 4) is 0 Å². The predicted molar refractivity (Wildman–Crippen MR) is 175 cm³/mol. The second kappa shape index (κ2) is 28.8. The van der Waals surface area contributed by atoms with Crippen molar-refractivity contribution in [3.05, 3.63) is 24.3 Å². The number of aliphatic hydroxyl groups is 2. The van der Waals surface area contributed by atoms with Crippen LogP contribution in [0.15, 0.2) is 24.3 Å². The first-order valence-corrected chi connectivity index (χ1v) is 17.4. The molecule has 0 bridgehead atoms. The molecular weight excluding hydrogens is 510 g/mol. The number of allylic oxidation sites excluding steroid dienone is 4. The van der Waals surface area contributed by atoms with Gasteiger partial charge < -0.3 is 10.2 Å². The van der Waals surface area contributed by atoms with Crippen LogP contribution >= 0.6 is 0 Å². The second-order valence-corrected chi connectivity index (χ2v) is 12.2. The summed E-state index contributed by atoms with van der Waals surface area (Å²) in [6.07, 6.45) is 35.2. The van der Waals surface area contributed by atoms with Gasteiger partial charge in [0.05, 0.1) is 6.10 Å². The minimum absolute atomic E-state index is 0.103. The number of nitrogens with two attached hydrogens (primary N) is 1. The molecule has 0 aromatic carbocycles. The van der Waals surface area contributed by atoms with Crippen molar-refractivity contribution in [2.45, 2.75) is 193 Å². The molecule has 0 aliphatic rings. The first-order valence-electron chi connectivity index (χ1n) is 17.4. The van der Waals surface area contributed by atoms with Gasteiger partial charge in [0, 0.05) is 12.8 Å². The lowest BCUT2D eigenvalue weighted by molar-refractivity contribution is -0.150. The van der Waals surface area contributed by atoms with Gasteiger partial charge in [-0.15, -0.1) is 0 Å². The van der Waals surface area contributed by atoms with Crippen LogP contribution in [0.4, 0.5) is 0 Å². The van der Waals surface area contributed by atoms with Gasteiger partial charge in [-0.3, -0.25) is 15.3 Å². The van der Waals surface area contributed by atoms with Gasteiger partial charge in [-0.05, 0) is 44.9 Å². The van der Waals surface area contributed by atoms with Crippen LogP contribution in [0.5, 0.6) is 0 Å². The van der Waals surface area contributed by atoms with E-state index < -0.39 is 23.4 Å². The standard InChI is InChI=1S/C36H67NO4/c1-3-5-7-9-11-13-15-17-19-21-23-25-27-29-31-34(39)35(40)36(37,41)32-33(38)30-28-26-24-22-20-18-16-14-12-10-8-6-4-2/h11,13,17,19,33,38,41H,3-10,12,14-16,18,20-32,37H2,1-2H3/b13-11-,19-17-. The van der Waals surface area contributed by atoms with Gasteiger partial charge in [0.15, 0.2) is 5.72 Å². The summed E-state index contributed by atoms with van der Waals surface area (Å²) in [5.74, 6) is -1.60. The van der Waals surface area contributed by atoms with Gasteiger partial charge in [0.1, 0.15) is 0 Å².